The molecule has 1 N–H and O–H groups in total. The maximum Gasteiger partial charge on any atom is 0.225 e. The summed E-state index contributed by atoms with van der Waals surface area (Å²) in [6.45, 7) is 7.16. The van der Waals surface area contributed by atoms with Crippen molar-refractivity contribution >= 4 is 29.3 Å². The van der Waals surface area contributed by atoms with Crippen LogP contribution in [0.4, 0.5) is 0 Å². The van der Waals surface area contributed by atoms with Crippen molar-refractivity contribution in [3.05, 3.63) is 35.9 Å². The Morgan fingerprint density at radius 1 is 1.16 bits per heavy atom. The molecule has 1 unspecified atom stereocenters. The quantitative estimate of drug-likeness (QED) is 0.716. The molecule has 1 fully saturated rings. The summed E-state index contributed by atoms with van der Waals surface area (Å²) in [6, 6.07) is 9.56. The maximum absolute atomic E-state index is 13.0. The van der Waals surface area contributed by atoms with E-state index in [4.69, 9.17) is 0 Å². The number of carbonyl (C=O) groups is 1. The van der Waals surface area contributed by atoms with Crippen LogP contribution in [0.2, 0.25) is 0 Å². The topological polar surface area (TPSA) is 40.5 Å². The summed E-state index contributed by atoms with van der Waals surface area (Å²) in [5.41, 5.74) is -0.576. The minimum absolute atomic E-state index is 0. The molecule has 2 rings (SSSR count). The molecule has 0 aliphatic heterocycles. The normalized spacial score (nSPS) is 17.8. The van der Waals surface area contributed by atoms with Crippen molar-refractivity contribution in [1.29, 1.82) is 0 Å². The Balaban J connectivity index is 0.00000312. The maximum atomic E-state index is 13.0. The number of carbonyl (C=O) groups excluding carboxylic acids is 1. The molecular formula is C20H32ClNO2S. The summed E-state index contributed by atoms with van der Waals surface area (Å²) in [4.78, 5) is 15.3. The molecule has 1 atom stereocenters. The van der Waals surface area contributed by atoms with E-state index in [0.29, 0.717) is 0 Å². The molecule has 1 aliphatic rings. The first kappa shape index (κ1) is 22.5. The molecule has 0 bridgehead atoms. The summed E-state index contributed by atoms with van der Waals surface area (Å²) in [5, 5.41) is 11.4. The van der Waals surface area contributed by atoms with Crippen molar-refractivity contribution in [3.8, 4) is 0 Å². The molecule has 1 aromatic rings. The van der Waals surface area contributed by atoms with E-state index in [1.165, 1.54) is 18.2 Å². The Bertz CT molecular complexity index is 504. The second-order valence-corrected chi connectivity index (χ2v) is 7.70. The smallest absolute Gasteiger partial charge is 0.225 e. The number of halogens is 1. The Labute approximate surface area is 163 Å². The number of aliphatic hydroxyl groups is 1. The van der Waals surface area contributed by atoms with Gasteiger partial charge < -0.3 is 10.0 Å². The lowest BCUT2D eigenvalue weighted by atomic mass is 9.74. The molecule has 0 aromatic heterocycles. The van der Waals surface area contributed by atoms with Crippen LogP contribution in [0.15, 0.2) is 30.3 Å². The fraction of sp³-hybridized carbons (Fsp3) is 0.650. The summed E-state index contributed by atoms with van der Waals surface area (Å²) in [5.74, 6) is 0.782. The van der Waals surface area contributed by atoms with Gasteiger partial charge in [-0.3, -0.25) is 4.79 Å². The number of nitrogens with zero attached hydrogens (tertiary/aromatic N) is 1. The number of hydrogen-bond acceptors (Lipinski definition) is 4. The van der Waals surface area contributed by atoms with Gasteiger partial charge in [-0.05, 0) is 37.4 Å². The van der Waals surface area contributed by atoms with E-state index in [2.05, 4.69) is 18.7 Å². The average molecular weight is 386 g/mol. The SMILES string of the molecule is CCN(CC)CCSC(=O)C(O)(c1ccccc1)C1CCCCC1.Cl. The molecule has 0 saturated heterocycles. The molecule has 0 radical (unpaired) electrons. The zero-order valence-electron chi connectivity index (χ0n) is 15.4. The van der Waals surface area contributed by atoms with Crippen molar-refractivity contribution in [2.45, 2.75) is 51.6 Å². The molecule has 142 valence electrons. The molecule has 3 nitrogen and oxygen atoms in total. The minimum Gasteiger partial charge on any atom is -0.376 e. The number of thioether (sulfide) groups is 1. The molecule has 0 amide bonds. The molecule has 0 spiro atoms. The van der Waals surface area contributed by atoms with Gasteiger partial charge in [-0.1, -0.05) is 75.2 Å². The van der Waals surface area contributed by atoms with Gasteiger partial charge in [0.25, 0.3) is 0 Å². The van der Waals surface area contributed by atoms with E-state index in [1.807, 2.05) is 30.3 Å². The summed E-state index contributed by atoms with van der Waals surface area (Å²) < 4.78 is 0. The zero-order chi connectivity index (χ0) is 17.4. The van der Waals surface area contributed by atoms with E-state index >= 15 is 0 Å². The summed E-state index contributed by atoms with van der Waals surface area (Å²) in [7, 11) is 0. The van der Waals surface area contributed by atoms with Crippen LogP contribution in [0.25, 0.3) is 0 Å². The van der Waals surface area contributed by atoms with E-state index in [0.717, 1.165) is 56.6 Å². The van der Waals surface area contributed by atoms with Gasteiger partial charge in [-0.15, -0.1) is 12.4 Å². The molecule has 25 heavy (non-hydrogen) atoms. The van der Waals surface area contributed by atoms with Gasteiger partial charge in [0, 0.05) is 12.3 Å². The van der Waals surface area contributed by atoms with Gasteiger partial charge >= 0.3 is 0 Å². The van der Waals surface area contributed by atoms with Gasteiger partial charge in [0.15, 0.2) is 5.60 Å². The zero-order valence-corrected chi connectivity index (χ0v) is 17.1. The number of benzene rings is 1. The molecule has 1 saturated carbocycles. The highest BCUT2D eigenvalue weighted by Crippen LogP contribution is 2.42. The largest absolute Gasteiger partial charge is 0.376 e. The lowest BCUT2D eigenvalue weighted by Gasteiger charge is -2.37. The third-order valence-corrected chi connectivity index (χ3v) is 6.22. The molecular weight excluding hydrogens is 354 g/mol. The first-order chi connectivity index (χ1) is 11.6. The first-order valence-electron chi connectivity index (χ1n) is 9.30. The number of hydrogen-bond donors (Lipinski definition) is 1. The Hall–Kier alpha value is -0.550. The Morgan fingerprint density at radius 2 is 1.76 bits per heavy atom. The van der Waals surface area contributed by atoms with Crippen molar-refractivity contribution in [3.63, 3.8) is 0 Å². The van der Waals surface area contributed by atoms with E-state index < -0.39 is 5.60 Å². The fourth-order valence-electron chi connectivity index (χ4n) is 3.65. The van der Waals surface area contributed by atoms with Gasteiger partial charge in [0.05, 0.1) is 0 Å². The Morgan fingerprint density at radius 3 is 2.32 bits per heavy atom. The van der Waals surface area contributed by atoms with Gasteiger partial charge in [0.1, 0.15) is 0 Å². The summed E-state index contributed by atoms with van der Waals surface area (Å²) in [6.07, 6.45) is 5.31. The molecule has 1 aliphatic carbocycles. The lowest BCUT2D eigenvalue weighted by Crippen LogP contribution is -2.43. The summed E-state index contributed by atoms with van der Waals surface area (Å²) >= 11 is 1.30. The first-order valence-corrected chi connectivity index (χ1v) is 10.3. The highest BCUT2D eigenvalue weighted by molar-refractivity contribution is 8.13. The third kappa shape index (κ3) is 5.72. The van der Waals surface area contributed by atoms with Crippen molar-refractivity contribution in [1.82, 2.24) is 4.90 Å². The van der Waals surface area contributed by atoms with Crippen molar-refractivity contribution in [2.75, 3.05) is 25.4 Å². The van der Waals surface area contributed by atoms with Crippen LogP contribution in [-0.2, 0) is 10.4 Å². The van der Waals surface area contributed by atoms with Crippen molar-refractivity contribution in [2.24, 2.45) is 5.92 Å². The Kier molecular flexibility index (Phi) is 10.1. The van der Waals surface area contributed by atoms with E-state index in [9.17, 15) is 9.90 Å². The van der Waals surface area contributed by atoms with Crippen LogP contribution in [-0.4, -0.2) is 40.5 Å². The van der Waals surface area contributed by atoms with Crippen molar-refractivity contribution < 1.29 is 9.90 Å². The van der Waals surface area contributed by atoms with Crippen LogP contribution >= 0.6 is 24.2 Å². The van der Waals surface area contributed by atoms with Crippen LogP contribution < -0.4 is 0 Å². The highest BCUT2D eigenvalue weighted by atomic mass is 35.5. The molecule has 1 aromatic carbocycles. The van der Waals surface area contributed by atoms with Crippen LogP contribution in [0, 0.1) is 5.92 Å². The van der Waals surface area contributed by atoms with Crippen LogP contribution in [0.5, 0.6) is 0 Å². The average Bonchev–Trinajstić information content (AvgIpc) is 2.65. The lowest BCUT2D eigenvalue weighted by molar-refractivity contribution is -0.136. The fourth-order valence-corrected chi connectivity index (χ4v) is 4.69. The second kappa shape index (κ2) is 11.2. The monoisotopic (exact) mass is 385 g/mol. The minimum atomic E-state index is -1.34. The standard InChI is InChI=1S/C20H31NO2S.ClH/c1-3-21(4-2)15-16-24-19(22)20(23,17-11-7-5-8-12-17)18-13-9-6-10-14-18;/h5,7-8,11-12,18,23H,3-4,6,9-10,13-16H2,1-2H3;1H. The van der Waals surface area contributed by atoms with Crippen LogP contribution in [0.1, 0.15) is 51.5 Å². The predicted octanol–water partition coefficient (Wildman–Crippen LogP) is 4.48. The second-order valence-electron chi connectivity index (χ2n) is 6.63. The van der Waals surface area contributed by atoms with Gasteiger partial charge in [-0.25, -0.2) is 0 Å². The predicted molar refractivity (Wildman–Crippen MR) is 109 cm³/mol. The highest BCUT2D eigenvalue weighted by Gasteiger charge is 2.45. The molecule has 5 heteroatoms. The van der Waals surface area contributed by atoms with Gasteiger partial charge in [0.2, 0.25) is 5.12 Å². The molecule has 0 heterocycles. The number of rotatable bonds is 8. The van der Waals surface area contributed by atoms with E-state index in [1.54, 1.807) is 0 Å². The van der Waals surface area contributed by atoms with E-state index in [-0.39, 0.29) is 23.4 Å². The van der Waals surface area contributed by atoms with Crippen LogP contribution in [0.3, 0.4) is 0 Å². The third-order valence-electron chi connectivity index (χ3n) is 5.26. The van der Waals surface area contributed by atoms with Gasteiger partial charge in [-0.2, -0.15) is 0 Å².